The minimum atomic E-state index is 0.364. The lowest BCUT2D eigenvalue weighted by atomic mass is 10.1. The third-order valence-electron chi connectivity index (χ3n) is 3.02. The minimum absolute atomic E-state index is 0.364. The van der Waals surface area contributed by atoms with Crippen molar-refractivity contribution < 1.29 is 0 Å². The van der Waals surface area contributed by atoms with Crippen molar-refractivity contribution in [3.63, 3.8) is 0 Å². The van der Waals surface area contributed by atoms with E-state index in [2.05, 4.69) is 22.7 Å². The lowest BCUT2D eigenvalue weighted by Gasteiger charge is -2.18. The van der Waals surface area contributed by atoms with Gasteiger partial charge in [0.05, 0.1) is 10.0 Å². The van der Waals surface area contributed by atoms with Crippen molar-refractivity contribution in [1.29, 1.82) is 0 Å². The molecule has 1 aromatic carbocycles. The summed E-state index contributed by atoms with van der Waals surface area (Å²) in [6.45, 7) is 2.06. The number of hydrogen-bond donors (Lipinski definition) is 3. The Kier molecular flexibility index (Phi) is 4.77. The molecule has 0 saturated heterocycles. The van der Waals surface area contributed by atoms with Gasteiger partial charge in [-0.05, 0) is 30.7 Å². The molecule has 0 amide bonds. The van der Waals surface area contributed by atoms with E-state index in [0.29, 0.717) is 21.7 Å². The predicted molar refractivity (Wildman–Crippen MR) is 90.9 cm³/mol. The van der Waals surface area contributed by atoms with Crippen LogP contribution in [0.2, 0.25) is 10.0 Å². The molecule has 21 heavy (non-hydrogen) atoms. The first kappa shape index (κ1) is 15.7. The molecule has 0 aliphatic carbocycles. The first-order valence-corrected chi connectivity index (χ1v) is 7.05. The van der Waals surface area contributed by atoms with Gasteiger partial charge in [-0.1, -0.05) is 29.3 Å². The SMILES string of the molecule is Cc1ccc(Nc2nc(NN)c(Cl)cc2Cl)cc1N(C)C. The maximum Gasteiger partial charge on any atom is 0.161 e. The summed E-state index contributed by atoms with van der Waals surface area (Å²) in [6.07, 6.45) is 0. The zero-order chi connectivity index (χ0) is 15.6. The summed E-state index contributed by atoms with van der Waals surface area (Å²) in [4.78, 5) is 6.30. The number of pyridine rings is 1. The average molecular weight is 326 g/mol. The van der Waals surface area contributed by atoms with Gasteiger partial charge in [-0.3, -0.25) is 0 Å². The quantitative estimate of drug-likeness (QED) is 0.589. The van der Waals surface area contributed by atoms with Gasteiger partial charge in [0.2, 0.25) is 0 Å². The number of hydrazine groups is 1. The molecule has 2 rings (SSSR count). The molecule has 0 radical (unpaired) electrons. The van der Waals surface area contributed by atoms with Crippen molar-refractivity contribution in [2.75, 3.05) is 29.7 Å². The number of rotatable bonds is 4. The van der Waals surface area contributed by atoms with E-state index in [1.807, 2.05) is 37.2 Å². The fraction of sp³-hybridized carbons (Fsp3) is 0.214. The third-order valence-corrected chi connectivity index (χ3v) is 3.60. The zero-order valence-electron chi connectivity index (χ0n) is 12.0. The summed E-state index contributed by atoms with van der Waals surface area (Å²) in [6, 6.07) is 7.61. The standard InChI is InChI=1S/C14H17Cl2N5/c1-8-4-5-9(6-12(8)21(2)3)18-13-10(15)7-11(16)14(19-13)20-17/h4-7H,17H2,1-3H3,(H2,18,19,20). The van der Waals surface area contributed by atoms with E-state index in [1.54, 1.807) is 6.07 Å². The molecule has 112 valence electrons. The second-order valence-electron chi connectivity index (χ2n) is 4.81. The van der Waals surface area contributed by atoms with E-state index in [1.165, 1.54) is 5.56 Å². The zero-order valence-corrected chi connectivity index (χ0v) is 13.5. The van der Waals surface area contributed by atoms with Crippen molar-refractivity contribution in [3.8, 4) is 0 Å². The van der Waals surface area contributed by atoms with Crippen LogP contribution < -0.4 is 21.5 Å². The van der Waals surface area contributed by atoms with Gasteiger partial charge in [-0.15, -0.1) is 0 Å². The Morgan fingerprint density at radius 2 is 1.76 bits per heavy atom. The van der Waals surface area contributed by atoms with Crippen molar-refractivity contribution in [2.45, 2.75) is 6.92 Å². The summed E-state index contributed by atoms with van der Waals surface area (Å²) in [5, 5.41) is 3.96. The molecule has 0 fully saturated rings. The molecule has 0 unspecified atom stereocenters. The molecule has 0 spiro atoms. The molecule has 5 nitrogen and oxygen atoms in total. The molecule has 0 aliphatic heterocycles. The highest BCUT2D eigenvalue weighted by atomic mass is 35.5. The van der Waals surface area contributed by atoms with Gasteiger partial charge in [-0.2, -0.15) is 0 Å². The van der Waals surface area contributed by atoms with Crippen LogP contribution in [0.25, 0.3) is 0 Å². The van der Waals surface area contributed by atoms with Crippen molar-refractivity contribution >= 4 is 46.2 Å². The highest BCUT2D eigenvalue weighted by Crippen LogP contribution is 2.32. The summed E-state index contributed by atoms with van der Waals surface area (Å²) in [5.41, 5.74) is 5.61. The van der Waals surface area contributed by atoms with E-state index < -0.39 is 0 Å². The number of nitrogens with one attached hydrogen (secondary N) is 2. The third kappa shape index (κ3) is 3.50. The van der Waals surface area contributed by atoms with Crippen LogP contribution in [-0.4, -0.2) is 19.1 Å². The predicted octanol–water partition coefficient (Wildman–Crippen LogP) is 3.79. The van der Waals surface area contributed by atoms with E-state index in [0.717, 1.165) is 11.4 Å². The monoisotopic (exact) mass is 325 g/mol. The van der Waals surface area contributed by atoms with Crippen molar-refractivity contribution in [2.24, 2.45) is 5.84 Å². The number of hydrogen-bond acceptors (Lipinski definition) is 5. The normalized spacial score (nSPS) is 10.4. The molecule has 0 bridgehead atoms. The largest absolute Gasteiger partial charge is 0.377 e. The fourth-order valence-electron chi connectivity index (χ4n) is 1.96. The maximum atomic E-state index is 6.15. The summed E-state index contributed by atoms with van der Waals surface area (Å²) < 4.78 is 0. The van der Waals surface area contributed by atoms with Crippen molar-refractivity contribution in [1.82, 2.24) is 4.98 Å². The first-order chi connectivity index (χ1) is 9.92. The Morgan fingerprint density at radius 3 is 2.38 bits per heavy atom. The van der Waals surface area contributed by atoms with Gasteiger partial charge in [0, 0.05) is 25.5 Å². The van der Waals surface area contributed by atoms with Crippen LogP contribution >= 0.6 is 23.2 Å². The van der Waals surface area contributed by atoms with E-state index in [-0.39, 0.29) is 0 Å². The van der Waals surface area contributed by atoms with Crippen LogP contribution in [0.1, 0.15) is 5.56 Å². The van der Waals surface area contributed by atoms with Crippen LogP contribution in [0.4, 0.5) is 23.0 Å². The molecule has 0 aliphatic rings. The molecular formula is C14H17Cl2N5. The number of nitrogen functional groups attached to an aromatic ring is 1. The molecule has 4 N–H and O–H groups in total. The van der Waals surface area contributed by atoms with E-state index in [9.17, 15) is 0 Å². The Morgan fingerprint density at radius 1 is 1.10 bits per heavy atom. The Hall–Kier alpha value is -1.69. The molecule has 0 saturated carbocycles. The van der Waals surface area contributed by atoms with E-state index in [4.69, 9.17) is 29.0 Å². The summed E-state index contributed by atoms with van der Waals surface area (Å²) in [5.74, 6) is 6.23. The lowest BCUT2D eigenvalue weighted by molar-refractivity contribution is 1.11. The topological polar surface area (TPSA) is 66.2 Å². The van der Waals surface area contributed by atoms with Crippen LogP contribution in [0.5, 0.6) is 0 Å². The van der Waals surface area contributed by atoms with Crippen LogP contribution in [0.3, 0.4) is 0 Å². The first-order valence-electron chi connectivity index (χ1n) is 6.30. The number of aryl methyl sites for hydroxylation is 1. The number of nitrogens with zero attached hydrogens (tertiary/aromatic N) is 2. The van der Waals surface area contributed by atoms with Gasteiger partial charge in [-0.25, -0.2) is 10.8 Å². The Balaban J connectivity index is 2.36. The second-order valence-corrected chi connectivity index (χ2v) is 5.63. The van der Waals surface area contributed by atoms with Gasteiger partial charge >= 0.3 is 0 Å². The van der Waals surface area contributed by atoms with Crippen LogP contribution in [-0.2, 0) is 0 Å². The van der Waals surface area contributed by atoms with Gasteiger partial charge in [0.25, 0.3) is 0 Å². The minimum Gasteiger partial charge on any atom is -0.377 e. The number of nitrogens with two attached hydrogens (primary N) is 1. The van der Waals surface area contributed by atoms with Gasteiger partial charge in [0.15, 0.2) is 11.6 Å². The lowest BCUT2D eigenvalue weighted by Crippen LogP contribution is -2.11. The molecule has 2 aromatic rings. The summed E-state index contributed by atoms with van der Waals surface area (Å²) in [7, 11) is 3.99. The number of halogens is 2. The highest BCUT2D eigenvalue weighted by Gasteiger charge is 2.10. The molecule has 7 heteroatoms. The fourth-order valence-corrected chi connectivity index (χ4v) is 2.42. The van der Waals surface area contributed by atoms with Gasteiger partial charge in [0.1, 0.15) is 0 Å². The molecular weight excluding hydrogens is 309 g/mol. The Bertz CT molecular complexity index is 658. The van der Waals surface area contributed by atoms with Gasteiger partial charge < -0.3 is 15.6 Å². The summed E-state index contributed by atoms with van der Waals surface area (Å²) >= 11 is 12.1. The number of anilines is 4. The average Bonchev–Trinajstić information content (AvgIpc) is 2.43. The second kappa shape index (κ2) is 6.39. The molecule has 1 aromatic heterocycles. The molecule has 1 heterocycles. The van der Waals surface area contributed by atoms with E-state index >= 15 is 0 Å². The van der Waals surface area contributed by atoms with Crippen LogP contribution in [0, 0.1) is 6.92 Å². The Labute approximate surface area is 134 Å². The van der Waals surface area contributed by atoms with Crippen LogP contribution in [0.15, 0.2) is 24.3 Å². The van der Waals surface area contributed by atoms with Crippen molar-refractivity contribution in [3.05, 3.63) is 39.9 Å². The molecule has 0 atom stereocenters. The number of benzene rings is 1. The smallest absolute Gasteiger partial charge is 0.161 e. The maximum absolute atomic E-state index is 6.15. The number of aromatic nitrogens is 1. The highest BCUT2D eigenvalue weighted by molar-refractivity contribution is 6.37.